The van der Waals surface area contributed by atoms with Crippen molar-refractivity contribution in [1.82, 2.24) is 4.90 Å². The fraction of sp³-hybridized carbons (Fsp3) is 0.967. The van der Waals surface area contributed by atoms with Crippen molar-refractivity contribution in [3.63, 3.8) is 0 Å². The number of cyclic esters (lactones) is 1. The molecular formula is C30H58N2O10. The van der Waals surface area contributed by atoms with Crippen LogP contribution in [0.2, 0.25) is 0 Å². The molecule has 42 heavy (non-hydrogen) atoms. The van der Waals surface area contributed by atoms with Crippen LogP contribution >= 0.6 is 0 Å². The Kier molecular flexibility index (Phi) is 12.4. The molecule has 0 aromatic carbocycles. The van der Waals surface area contributed by atoms with Gasteiger partial charge < -0.3 is 54.5 Å². The van der Waals surface area contributed by atoms with Crippen LogP contribution < -0.4 is 0 Å². The molecule has 5 N–H and O–H groups in total. The van der Waals surface area contributed by atoms with Crippen LogP contribution in [0.4, 0.5) is 0 Å². The second-order valence-electron chi connectivity index (χ2n) is 14.1. The highest BCUT2D eigenvalue weighted by Gasteiger charge is 2.50. The normalized spacial score (nSPS) is 47.8. The third kappa shape index (κ3) is 8.41. The van der Waals surface area contributed by atoms with Crippen LogP contribution in [0.15, 0.2) is 0 Å². The number of carbonyl (C=O) groups excluding carboxylic acids is 1. The van der Waals surface area contributed by atoms with E-state index in [2.05, 4.69) is 0 Å². The van der Waals surface area contributed by atoms with Crippen molar-refractivity contribution in [2.75, 3.05) is 27.7 Å². The quantitative estimate of drug-likeness (QED) is 0.176. The number of hydrogen-bond acceptors (Lipinski definition) is 11. The van der Waals surface area contributed by atoms with Crippen molar-refractivity contribution < 1.29 is 49.2 Å². The monoisotopic (exact) mass is 606 g/mol. The SMILES string of the molecule is CC[C@H]1OC(=O)[C@H](C)C(O)[C@H](C)[C@@H](O[C@@H]2O[C@H](C)CC([N+](C)(C)[O-])[C@H]2O)[C@](C)(O)C[C@@H](C)CN(C)[C@H](C)[C@@H](O)[C@]1(C)O. The molecule has 2 rings (SSSR count). The minimum atomic E-state index is -1.77. The number of hydrogen-bond donors (Lipinski definition) is 5. The lowest BCUT2D eigenvalue weighted by Crippen LogP contribution is -2.62. The first-order valence-electron chi connectivity index (χ1n) is 15.3. The molecule has 2 aliphatic heterocycles. The molecular weight excluding hydrogens is 548 g/mol. The zero-order chi connectivity index (χ0) is 32.5. The van der Waals surface area contributed by atoms with E-state index in [1.165, 1.54) is 27.9 Å². The third-order valence-electron chi connectivity index (χ3n) is 9.60. The van der Waals surface area contributed by atoms with Crippen LogP contribution in [0.25, 0.3) is 0 Å². The second-order valence-corrected chi connectivity index (χ2v) is 14.1. The van der Waals surface area contributed by atoms with Gasteiger partial charge in [0.15, 0.2) is 12.4 Å². The highest BCUT2D eigenvalue weighted by Crippen LogP contribution is 2.37. The molecule has 0 aromatic heterocycles. The largest absolute Gasteiger partial charge is 0.633 e. The number of hydroxylamine groups is 3. The van der Waals surface area contributed by atoms with E-state index in [4.69, 9.17) is 14.2 Å². The Morgan fingerprint density at radius 1 is 1.07 bits per heavy atom. The van der Waals surface area contributed by atoms with Gasteiger partial charge in [-0.1, -0.05) is 20.8 Å². The Hall–Kier alpha value is -0.930. The maximum absolute atomic E-state index is 13.3. The molecule has 0 aliphatic carbocycles. The number of esters is 1. The summed E-state index contributed by atoms with van der Waals surface area (Å²) in [5.74, 6) is -2.87. The molecule has 0 aromatic rings. The third-order valence-corrected chi connectivity index (χ3v) is 9.60. The average Bonchev–Trinajstić information content (AvgIpc) is 2.87. The van der Waals surface area contributed by atoms with Gasteiger partial charge in [-0.05, 0) is 60.4 Å². The molecule has 0 saturated carbocycles. The number of aliphatic hydroxyl groups excluding tert-OH is 3. The minimum absolute atomic E-state index is 0.149. The van der Waals surface area contributed by atoms with E-state index in [9.17, 15) is 35.5 Å². The summed E-state index contributed by atoms with van der Waals surface area (Å²) in [5, 5.41) is 69.8. The van der Waals surface area contributed by atoms with Crippen LogP contribution in [-0.2, 0) is 19.0 Å². The van der Waals surface area contributed by atoms with Crippen molar-refractivity contribution >= 4 is 5.97 Å². The number of quaternary nitrogens is 1. The van der Waals surface area contributed by atoms with Gasteiger partial charge in [-0.15, -0.1) is 0 Å². The summed E-state index contributed by atoms with van der Waals surface area (Å²) in [6.07, 6.45) is -7.02. The standard InChI is InChI=1S/C30H58N2O10/c1-12-22-30(8,38)25(35)20(6)31(9)15-16(2)14-29(7,37)26(18(4)23(33)19(5)27(36)41-22)42-28-24(34)21(32(10,11)39)13-17(3)40-28/h16-26,28,33-35,37-38H,12-15H2,1-11H3/t16-,17-,18+,19-,20-,21?,22-,23?,24-,25-,26-,28+,29-,30-/m1/s1. The number of likely N-dealkylation sites (N-methyl/N-ethyl adjacent to an activating group) is 2. The van der Waals surface area contributed by atoms with Crippen LogP contribution in [-0.4, -0.2) is 135 Å². The first kappa shape index (κ1) is 37.3. The summed E-state index contributed by atoms with van der Waals surface area (Å²) >= 11 is 0. The molecule has 14 atom stereocenters. The molecule has 12 heteroatoms. The second kappa shape index (κ2) is 14.0. The number of ether oxygens (including phenoxy) is 3. The molecule has 248 valence electrons. The van der Waals surface area contributed by atoms with Gasteiger partial charge in [0.1, 0.15) is 23.9 Å². The lowest BCUT2D eigenvalue weighted by molar-refractivity contribution is -0.874. The predicted molar refractivity (Wildman–Crippen MR) is 157 cm³/mol. The van der Waals surface area contributed by atoms with E-state index in [0.29, 0.717) is 13.0 Å². The number of aliphatic hydroxyl groups is 5. The summed E-state index contributed by atoms with van der Waals surface area (Å²) in [4.78, 5) is 15.2. The first-order valence-corrected chi connectivity index (χ1v) is 15.3. The molecule has 2 unspecified atom stereocenters. The van der Waals surface area contributed by atoms with Crippen molar-refractivity contribution in [2.24, 2.45) is 17.8 Å². The molecule has 2 aliphatic rings. The Morgan fingerprint density at radius 2 is 1.64 bits per heavy atom. The molecule has 2 fully saturated rings. The van der Waals surface area contributed by atoms with E-state index in [-0.39, 0.29) is 18.8 Å². The van der Waals surface area contributed by atoms with E-state index < -0.39 is 88.7 Å². The molecule has 0 amide bonds. The van der Waals surface area contributed by atoms with Crippen LogP contribution in [0.1, 0.15) is 74.7 Å². The van der Waals surface area contributed by atoms with Crippen LogP contribution in [0.3, 0.4) is 0 Å². The van der Waals surface area contributed by atoms with E-state index in [1.54, 1.807) is 41.7 Å². The molecule has 0 spiro atoms. The Balaban J connectivity index is 2.54. The number of nitrogens with zero attached hydrogens (tertiary/aromatic N) is 2. The molecule has 12 nitrogen and oxygen atoms in total. The Labute approximate surface area is 251 Å². The van der Waals surface area contributed by atoms with Crippen molar-refractivity contribution in [1.29, 1.82) is 0 Å². The molecule has 2 heterocycles. The molecule has 2 saturated heterocycles. The maximum Gasteiger partial charge on any atom is 0.311 e. The first-order chi connectivity index (χ1) is 19.1. The highest BCUT2D eigenvalue weighted by molar-refractivity contribution is 5.73. The zero-order valence-electron chi connectivity index (χ0n) is 27.4. The van der Waals surface area contributed by atoms with Gasteiger partial charge in [0, 0.05) is 24.9 Å². The van der Waals surface area contributed by atoms with Crippen LogP contribution in [0, 0.1) is 23.0 Å². The fourth-order valence-electron chi connectivity index (χ4n) is 6.84. The van der Waals surface area contributed by atoms with Gasteiger partial charge in [0.2, 0.25) is 0 Å². The Morgan fingerprint density at radius 3 is 2.17 bits per heavy atom. The topological polar surface area (TPSA) is 172 Å². The smallest absolute Gasteiger partial charge is 0.311 e. The van der Waals surface area contributed by atoms with Crippen molar-refractivity contribution in [3.05, 3.63) is 5.21 Å². The van der Waals surface area contributed by atoms with Gasteiger partial charge in [0.25, 0.3) is 0 Å². The van der Waals surface area contributed by atoms with Crippen molar-refractivity contribution in [2.45, 2.75) is 141 Å². The summed E-state index contributed by atoms with van der Waals surface area (Å²) in [7, 11) is 4.69. The lowest BCUT2D eigenvalue weighted by atomic mass is 9.78. The van der Waals surface area contributed by atoms with Gasteiger partial charge in [0.05, 0.1) is 43.9 Å². The van der Waals surface area contributed by atoms with Crippen molar-refractivity contribution in [3.8, 4) is 0 Å². The molecule has 0 radical (unpaired) electrons. The minimum Gasteiger partial charge on any atom is -0.633 e. The number of rotatable bonds is 4. The summed E-state index contributed by atoms with van der Waals surface area (Å²) < 4.78 is 17.2. The lowest BCUT2D eigenvalue weighted by Gasteiger charge is -2.50. The number of carbonyl (C=O) groups is 1. The predicted octanol–water partition coefficient (Wildman–Crippen LogP) is 0.988. The summed E-state index contributed by atoms with van der Waals surface area (Å²) in [6, 6.07) is -1.27. The van der Waals surface area contributed by atoms with E-state index in [0.717, 1.165) is 0 Å². The fourth-order valence-corrected chi connectivity index (χ4v) is 6.84. The van der Waals surface area contributed by atoms with E-state index >= 15 is 0 Å². The Bertz CT molecular complexity index is 881. The molecule has 0 bridgehead atoms. The van der Waals surface area contributed by atoms with E-state index in [1.807, 2.05) is 11.8 Å². The van der Waals surface area contributed by atoms with Gasteiger partial charge in [-0.3, -0.25) is 4.79 Å². The summed E-state index contributed by atoms with van der Waals surface area (Å²) in [6.45, 7) is 13.8. The summed E-state index contributed by atoms with van der Waals surface area (Å²) in [5.41, 5.74) is -3.35. The van der Waals surface area contributed by atoms with Crippen LogP contribution in [0.5, 0.6) is 0 Å². The van der Waals surface area contributed by atoms with Gasteiger partial charge in [-0.25, -0.2) is 0 Å². The van der Waals surface area contributed by atoms with Gasteiger partial charge in [-0.2, -0.15) is 0 Å². The maximum atomic E-state index is 13.3. The average molecular weight is 607 g/mol. The highest BCUT2D eigenvalue weighted by atomic mass is 16.7. The van der Waals surface area contributed by atoms with Gasteiger partial charge >= 0.3 is 5.97 Å². The zero-order valence-corrected chi connectivity index (χ0v) is 27.4.